The molecular formula is C22H36N2O5. The number of aliphatic hydroxyl groups is 1. The number of rotatable bonds is 10. The molecule has 1 atom stereocenters. The predicted octanol–water partition coefficient (Wildman–Crippen LogP) is 1.63. The molecule has 164 valence electrons. The Morgan fingerprint density at radius 1 is 1.14 bits per heavy atom. The van der Waals surface area contributed by atoms with Gasteiger partial charge in [-0.2, -0.15) is 0 Å². The van der Waals surface area contributed by atoms with E-state index in [0.717, 1.165) is 65.4 Å². The molecule has 2 saturated heterocycles. The molecular weight excluding hydrogens is 372 g/mol. The molecule has 1 aromatic rings. The molecule has 3 rings (SSSR count). The Kier molecular flexibility index (Phi) is 9.01. The number of morpholine rings is 1. The van der Waals surface area contributed by atoms with E-state index < -0.39 is 6.10 Å². The van der Waals surface area contributed by atoms with E-state index in [2.05, 4.69) is 22.9 Å². The molecule has 2 aliphatic heterocycles. The maximum absolute atomic E-state index is 10.3. The van der Waals surface area contributed by atoms with Crippen molar-refractivity contribution >= 4 is 0 Å². The molecule has 7 nitrogen and oxygen atoms in total. The van der Waals surface area contributed by atoms with Crippen LogP contribution in [0.5, 0.6) is 11.5 Å². The summed E-state index contributed by atoms with van der Waals surface area (Å²) in [5.41, 5.74) is 1.19. The van der Waals surface area contributed by atoms with Crippen molar-refractivity contribution < 1.29 is 24.1 Å². The van der Waals surface area contributed by atoms with Crippen molar-refractivity contribution in [2.45, 2.75) is 25.5 Å². The van der Waals surface area contributed by atoms with E-state index in [0.29, 0.717) is 24.0 Å². The molecule has 2 fully saturated rings. The Morgan fingerprint density at radius 2 is 1.86 bits per heavy atom. The highest BCUT2D eigenvalue weighted by Crippen LogP contribution is 2.29. The van der Waals surface area contributed by atoms with Gasteiger partial charge in [0.2, 0.25) is 0 Å². The minimum absolute atomic E-state index is 0.247. The van der Waals surface area contributed by atoms with Gasteiger partial charge in [-0.05, 0) is 43.5 Å². The molecule has 0 spiro atoms. The molecule has 0 amide bonds. The minimum Gasteiger partial charge on any atom is -0.493 e. The number of methoxy groups -OCH3 is 1. The number of β-amino-alcohol motifs (C(OH)–C–C–N with tert-alkyl or cyclic N) is 1. The molecule has 1 N–H and O–H groups in total. The van der Waals surface area contributed by atoms with Gasteiger partial charge in [0.25, 0.3) is 0 Å². The summed E-state index contributed by atoms with van der Waals surface area (Å²) in [6.45, 7) is 7.74. The second kappa shape index (κ2) is 11.7. The highest BCUT2D eigenvalue weighted by atomic mass is 16.5. The van der Waals surface area contributed by atoms with Gasteiger partial charge in [-0.1, -0.05) is 6.07 Å². The average Bonchev–Trinajstić information content (AvgIpc) is 2.74. The summed E-state index contributed by atoms with van der Waals surface area (Å²) in [6, 6.07) is 6.05. The lowest BCUT2D eigenvalue weighted by atomic mass is 10.00. The molecule has 7 heteroatoms. The lowest BCUT2D eigenvalue weighted by Crippen LogP contribution is -2.42. The number of ether oxygens (including phenoxy) is 4. The number of aliphatic hydroxyl groups excluding tert-OH is 1. The van der Waals surface area contributed by atoms with Gasteiger partial charge < -0.3 is 29.0 Å². The maximum atomic E-state index is 10.3. The smallest absolute Gasteiger partial charge is 0.161 e. The molecule has 29 heavy (non-hydrogen) atoms. The van der Waals surface area contributed by atoms with Crippen LogP contribution in [0.4, 0.5) is 0 Å². The zero-order valence-electron chi connectivity index (χ0n) is 17.8. The molecule has 0 saturated carbocycles. The quantitative estimate of drug-likeness (QED) is 0.631. The highest BCUT2D eigenvalue weighted by molar-refractivity contribution is 5.43. The molecule has 0 radical (unpaired) electrons. The van der Waals surface area contributed by atoms with Crippen LogP contribution in [0, 0.1) is 5.92 Å². The van der Waals surface area contributed by atoms with Crippen molar-refractivity contribution in [3.8, 4) is 11.5 Å². The van der Waals surface area contributed by atoms with Gasteiger partial charge in [-0.25, -0.2) is 0 Å². The van der Waals surface area contributed by atoms with Gasteiger partial charge in [-0.15, -0.1) is 0 Å². The van der Waals surface area contributed by atoms with Crippen LogP contribution >= 0.6 is 0 Å². The molecule has 1 unspecified atom stereocenters. The van der Waals surface area contributed by atoms with Crippen molar-refractivity contribution in [3.63, 3.8) is 0 Å². The summed E-state index contributed by atoms with van der Waals surface area (Å²) >= 11 is 0. The van der Waals surface area contributed by atoms with E-state index in [-0.39, 0.29) is 6.61 Å². The Labute approximate surface area is 174 Å². The van der Waals surface area contributed by atoms with Gasteiger partial charge in [0.15, 0.2) is 11.5 Å². The molecule has 0 aliphatic carbocycles. The first kappa shape index (κ1) is 22.3. The molecule has 2 aliphatic rings. The second-order valence-electron chi connectivity index (χ2n) is 8.12. The predicted molar refractivity (Wildman–Crippen MR) is 112 cm³/mol. The summed E-state index contributed by atoms with van der Waals surface area (Å²) in [5.74, 6) is 2.09. The zero-order chi connectivity index (χ0) is 20.5. The molecule has 0 bridgehead atoms. The van der Waals surface area contributed by atoms with Gasteiger partial charge in [0, 0.05) is 45.9 Å². The summed E-state index contributed by atoms with van der Waals surface area (Å²) in [6.07, 6.45) is 1.75. The standard InChI is InChI=1S/C22H36N2O5/c1-23(14-18-5-9-27-10-6-18)15-19-3-4-21(22(13-19)26-2)29-17-20(25)16-24-7-11-28-12-8-24/h3-4,13,18,20,25H,5-12,14-17H2,1-2H3. The lowest BCUT2D eigenvalue weighted by molar-refractivity contribution is 0.00445. The van der Waals surface area contributed by atoms with Crippen molar-refractivity contribution in [1.82, 2.24) is 9.80 Å². The number of nitrogens with zero attached hydrogens (tertiary/aromatic N) is 2. The molecule has 2 heterocycles. The van der Waals surface area contributed by atoms with Crippen LogP contribution in [0.3, 0.4) is 0 Å². The van der Waals surface area contributed by atoms with Gasteiger partial charge in [0.1, 0.15) is 12.7 Å². The summed E-state index contributed by atoms with van der Waals surface area (Å²) < 4.78 is 22.2. The third-order valence-corrected chi connectivity index (χ3v) is 5.60. The van der Waals surface area contributed by atoms with Gasteiger partial charge >= 0.3 is 0 Å². The van der Waals surface area contributed by atoms with Crippen molar-refractivity contribution in [2.75, 3.05) is 73.4 Å². The van der Waals surface area contributed by atoms with Crippen molar-refractivity contribution in [3.05, 3.63) is 23.8 Å². The second-order valence-corrected chi connectivity index (χ2v) is 8.12. The summed E-state index contributed by atoms with van der Waals surface area (Å²) in [7, 11) is 3.82. The van der Waals surface area contributed by atoms with Crippen LogP contribution in [0.2, 0.25) is 0 Å². The van der Waals surface area contributed by atoms with Crippen LogP contribution in [-0.2, 0) is 16.0 Å². The monoisotopic (exact) mass is 408 g/mol. The fourth-order valence-corrected chi connectivity index (χ4v) is 4.00. The van der Waals surface area contributed by atoms with E-state index in [1.165, 1.54) is 5.56 Å². The number of benzene rings is 1. The Morgan fingerprint density at radius 3 is 2.59 bits per heavy atom. The first-order valence-corrected chi connectivity index (χ1v) is 10.7. The molecule has 0 aromatic heterocycles. The van der Waals surface area contributed by atoms with E-state index in [1.807, 2.05) is 12.1 Å². The van der Waals surface area contributed by atoms with Crippen LogP contribution < -0.4 is 9.47 Å². The normalized spacial score (nSPS) is 20.0. The van der Waals surface area contributed by atoms with Crippen LogP contribution in [0.15, 0.2) is 18.2 Å². The number of hydrogen-bond acceptors (Lipinski definition) is 7. The lowest BCUT2D eigenvalue weighted by Gasteiger charge is -2.28. The molecule has 1 aromatic carbocycles. The largest absolute Gasteiger partial charge is 0.493 e. The van der Waals surface area contributed by atoms with E-state index >= 15 is 0 Å². The fraction of sp³-hybridized carbons (Fsp3) is 0.727. The topological polar surface area (TPSA) is 63.6 Å². The maximum Gasteiger partial charge on any atom is 0.161 e. The summed E-state index contributed by atoms with van der Waals surface area (Å²) in [4.78, 5) is 4.56. The van der Waals surface area contributed by atoms with Crippen molar-refractivity contribution in [1.29, 1.82) is 0 Å². The first-order chi connectivity index (χ1) is 14.1. The van der Waals surface area contributed by atoms with Gasteiger partial charge in [-0.3, -0.25) is 4.90 Å². The Bertz CT molecular complexity index is 603. The Balaban J connectivity index is 1.47. The minimum atomic E-state index is -0.539. The highest BCUT2D eigenvalue weighted by Gasteiger charge is 2.18. The summed E-state index contributed by atoms with van der Waals surface area (Å²) in [5, 5.41) is 10.3. The van der Waals surface area contributed by atoms with Crippen molar-refractivity contribution in [2.24, 2.45) is 5.92 Å². The van der Waals surface area contributed by atoms with Gasteiger partial charge in [0.05, 0.1) is 20.3 Å². The van der Waals surface area contributed by atoms with E-state index in [9.17, 15) is 5.11 Å². The number of hydrogen-bond donors (Lipinski definition) is 1. The third kappa shape index (κ3) is 7.42. The van der Waals surface area contributed by atoms with Crippen LogP contribution in [0.25, 0.3) is 0 Å². The first-order valence-electron chi connectivity index (χ1n) is 10.7. The average molecular weight is 409 g/mol. The third-order valence-electron chi connectivity index (χ3n) is 5.60. The van der Waals surface area contributed by atoms with E-state index in [4.69, 9.17) is 18.9 Å². The van der Waals surface area contributed by atoms with Crippen LogP contribution in [-0.4, -0.2) is 94.4 Å². The Hall–Kier alpha value is -1.38. The zero-order valence-corrected chi connectivity index (χ0v) is 17.8. The van der Waals surface area contributed by atoms with Crippen LogP contribution in [0.1, 0.15) is 18.4 Å². The van der Waals surface area contributed by atoms with E-state index in [1.54, 1.807) is 7.11 Å². The SMILES string of the molecule is COc1cc(CN(C)CC2CCOCC2)ccc1OCC(O)CN1CCOCC1. The fourth-order valence-electron chi connectivity index (χ4n) is 4.00.